The van der Waals surface area contributed by atoms with Crippen molar-refractivity contribution in [1.29, 1.82) is 0 Å². The Kier molecular flexibility index (Phi) is 4.99. The third kappa shape index (κ3) is 3.37. The van der Waals surface area contributed by atoms with Crippen LogP contribution in [0.4, 0.5) is 5.69 Å². The van der Waals surface area contributed by atoms with E-state index in [0.29, 0.717) is 5.75 Å². The summed E-state index contributed by atoms with van der Waals surface area (Å²) in [5, 5.41) is 8.96. The van der Waals surface area contributed by atoms with Crippen molar-refractivity contribution in [2.24, 2.45) is 0 Å². The van der Waals surface area contributed by atoms with Gasteiger partial charge in [0.2, 0.25) is 5.91 Å². The van der Waals surface area contributed by atoms with Crippen molar-refractivity contribution in [3.8, 4) is 5.69 Å². The Balaban J connectivity index is 1.50. The second-order valence-corrected chi connectivity index (χ2v) is 8.00. The maximum Gasteiger partial charge on any atom is 0.237 e. The second-order valence-electron chi connectivity index (χ2n) is 5.92. The molecular weight excluding hydrogens is 364 g/mol. The second kappa shape index (κ2) is 7.55. The van der Waals surface area contributed by atoms with Gasteiger partial charge in [-0.2, -0.15) is 0 Å². The number of amides is 1. The third-order valence-electron chi connectivity index (χ3n) is 4.25. The Morgan fingerprint density at radius 3 is 2.77 bits per heavy atom. The molecule has 132 valence electrons. The molecular formula is C19H18N4OS2. The van der Waals surface area contributed by atoms with Crippen molar-refractivity contribution in [3.63, 3.8) is 0 Å². The number of fused-ring (bicyclic) bond motifs is 1. The molecule has 1 aromatic heterocycles. The van der Waals surface area contributed by atoms with Gasteiger partial charge in [-0.05, 0) is 30.7 Å². The normalized spacial score (nSPS) is 13.5. The Morgan fingerprint density at radius 1 is 1.15 bits per heavy atom. The van der Waals surface area contributed by atoms with Crippen LogP contribution in [0.2, 0.25) is 0 Å². The van der Waals surface area contributed by atoms with Crippen LogP contribution in [0.3, 0.4) is 0 Å². The van der Waals surface area contributed by atoms with E-state index in [1.54, 1.807) is 18.1 Å². The molecule has 0 fully saturated rings. The molecule has 0 aliphatic carbocycles. The van der Waals surface area contributed by atoms with Crippen LogP contribution in [0.1, 0.15) is 5.56 Å². The van der Waals surface area contributed by atoms with Gasteiger partial charge in [-0.3, -0.25) is 9.36 Å². The standard InChI is InChI=1S/C19H18N4OS2/c1-14-6-2-3-7-15(14)23-13-20-21-19(23)26-12-18(24)22-10-11-25-17-9-5-4-8-16(17)22/h2-9,13H,10-12H2,1H3. The van der Waals surface area contributed by atoms with Crippen molar-refractivity contribution < 1.29 is 4.79 Å². The van der Waals surface area contributed by atoms with Crippen LogP contribution in [-0.4, -0.2) is 38.7 Å². The van der Waals surface area contributed by atoms with E-state index in [4.69, 9.17) is 0 Å². The number of hydrogen-bond donors (Lipinski definition) is 0. The lowest BCUT2D eigenvalue weighted by atomic mass is 10.2. The predicted octanol–water partition coefficient (Wildman–Crippen LogP) is 3.81. The van der Waals surface area contributed by atoms with Gasteiger partial charge in [-0.15, -0.1) is 22.0 Å². The van der Waals surface area contributed by atoms with E-state index >= 15 is 0 Å². The lowest BCUT2D eigenvalue weighted by molar-refractivity contribution is -0.116. The van der Waals surface area contributed by atoms with Gasteiger partial charge in [0, 0.05) is 17.2 Å². The summed E-state index contributed by atoms with van der Waals surface area (Å²) in [7, 11) is 0. The van der Waals surface area contributed by atoms with Crippen molar-refractivity contribution in [2.45, 2.75) is 17.0 Å². The number of rotatable bonds is 4. The summed E-state index contributed by atoms with van der Waals surface area (Å²) in [6.07, 6.45) is 1.70. The zero-order valence-electron chi connectivity index (χ0n) is 14.3. The molecule has 5 nitrogen and oxygen atoms in total. The summed E-state index contributed by atoms with van der Waals surface area (Å²) in [6, 6.07) is 16.2. The summed E-state index contributed by atoms with van der Waals surface area (Å²) in [5.74, 6) is 1.36. The Labute approximate surface area is 160 Å². The van der Waals surface area contributed by atoms with E-state index in [0.717, 1.165) is 34.4 Å². The fraction of sp³-hybridized carbons (Fsp3) is 0.211. The lowest BCUT2D eigenvalue weighted by Gasteiger charge is -2.28. The number of carbonyl (C=O) groups is 1. The van der Waals surface area contributed by atoms with Crippen LogP contribution in [0, 0.1) is 6.92 Å². The molecule has 7 heteroatoms. The number of para-hydroxylation sites is 2. The van der Waals surface area contributed by atoms with Crippen molar-refractivity contribution in [3.05, 3.63) is 60.4 Å². The average molecular weight is 383 g/mol. The molecule has 0 saturated heterocycles. The zero-order valence-corrected chi connectivity index (χ0v) is 16.0. The molecule has 1 aliphatic rings. The van der Waals surface area contributed by atoms with E-state index in [9.17, 15) is 4.79 Å². The number of anilines is 1. The smallest absolute Gasteiger partial charge is 0.237 e. The van der Waals surface area contributed by atoms with E-state index in [-0.39, 0.29) is 5.91 Å². The first-order valence-electron chi connectivity index (χ1n) is 8.35. The van der Waals surface area contributed by atoms with Crippen LogP contribution in [0.25, 0.3) is 5.69 Å². The Morgan fingerprint density at radius 2 is 1.92 bits per heavy atom. The van der Waals surface area contributed by atoms with Crippen LogP contribution < -0.4 is 4.90 Å². The molecule has 1 aliphatic heterocycles. The topological polar surface area (TPSA) is 51.0 Å². The Bertz CT molecular complexity index is 941. The summed E-state index contributed by atoms with van der Waals surface area (Å²) >= 11 is 3.22. The number of hydrogen-bond acceptors (Lipinski definition) is 5. The highest BCUT2D eigenvalue weighted by Crippen LogP contribution is 2.35. The number of aryl methyl sites for hydroxylation is 1. The largest absolute Gasteiger partial charge is 0.310 e. The van der Waals surface area contributed by atoms with Gasteiger partial charge >= 0.3 is 0 Å². The molecule has 0 atom stereocenters. The highest BCUT2D eigenvalue weighted by Gasteiger charge is 2.23. The van der Waals surface area contributed by atoms with Crippen LogP contribution in [-0.2, 0) is 4.79 Å². The van der Waals surface area contributed by atoms with E-state index < -0.39 is 0 Å². The zero-order chi connectivity index (χ0) is 17.9. The first kappa shape index (κ1) is 17.2. The molecule has 0 spiro atoms. The number of aromatic nitrogens is 3. The van der Waals surface area contributed by atoms with Gasteiger partial charge in [0.05, 0.1) is 17.1 Å². The number of carbonyl (C=O) groups excluding carboxylic acids is 1. The molecule has 2 aromatic carbocycles. The highest BCUT2D eigenvalue weighted by atomic mass is 32.2. The Hall–Kier alpha value is -2.25. The van der Waals surface area contributed by atoms with Gasteiger partial charge in [-0.1, -0.05) is 42.1 Å². The maximum atomic E-state index is 12.8. The van der Waals surface area contributed by atoms with Gasteiger partial charge in [0.15, 0.2) is 5.16 Å². The molecule has 3 aromatic rings. The minimum Gasteiger partial charge on any atom is -0.310 e. The van der Waals surface area contributed by atoms with E-state index in [1.165, 1.54) is 16.7 Å². The quantitative estimate of drug-likeness (QED) is 0.642. The third-order valence-corrected chi connectivity index (χ3v) is 6.22. The van der Waals surface area contributed by atoms with Crippen molar-refractivity contribution in [2.75, 3.05) is 23.0 Å². The number of thioether (sulfide) groups is 2. The maximum absolute atomic E-state index is 12.8. The van der Waals surface area contributed by atoms with E-state index in [2.05, 4.69) is 29.3 Å². The van der Waals surface area contributed by atoms with Crippen LogP contribution in [0.5, 0.6) is 0 Å². The summed E-state index contributed by atoms with van der Waals surface area (Å²) in [4.78, 5) is 15.9. The molecule has 0 unspecified atom stereocenters. The number of benzene rings is 2. The van der Waals surface area contributed by atoms with Gasteiger partial charge in [0.25, 0.3) is 0 Å². The molecule has 26 heavy (non-hydrogen) atoms. The molecule has 0 N–H and O–H groups in total. The molecule has 0 bridgehead atoms. The highest BCUT2D eigenvalue weighted by molar-refractivity contribution is 8.00. The molecule has 4 rings (SSSR count). The number of nitrogens with zero attached hydrogens (tertiary/aromatic N) is 4. The fourth-order valence-corrected chi connectivity index (χ4v) is 4.75. The predicted molar refractivity (Wildman–Crippen MR) is 106 cm³/mol. The minimum atomic E-state index is 0.0992. The fourth-order valence-electron chi connectivity index (χ4n) is 2.95. The lowest BCUT2D eigenvalue weighted by Crippen LogP contribution is -2.36. The molecule has 2 heterocycles. The van der Waals surface area contributed by atoms with Gasteiger partial charge < -0.3 is 4.90 Å². The first-order valence-corrected chi connectivity index (χ1v) is 10.3. The molecule has 1 amide bonds. The van der Waals surface area contributed by atoms with Crippen molar-refractivity contribution in [1.82, 2.24) is 14.8 Å². The van der Waals surface area contributed by atoms with Crippen LogP contribution >= 0.6 is 23.5 Å². The monoisotopic (exact) mass is 382 g/mol. The van der Waals surface area contributed by atoms with Crippen LogP contribution in [0.15, 0.2) is 64.9 Å². The molecule has 0 saturated carbocycles. The van der Waals surface area contributed by atoms with Gasteiger partial charge in [-0.25, -0.2) is 0 Å². The van der Waals surface area contributed by atoms with E-state index in [1.807, 2.05) is 45.9 Å². The van der Waals surface area contributed by atoms with Gasteiger partial charge in [0.1, 0.15) is 6.33 Å². The van der Waals surface area contributed by atoms with Crippen molar-refractivity contribution >= 4 is 35.1 Å². The summed E-state index contributed by atoms with van der Waals surface area (Å²) < 4.78 is 1.94. The SMILES string of the molecule is Cc1ccccc1-n1cnnc1SCC(=O)N1CCSc2ccccc21. The summed E-state index contributed by atoms with van der Waals surface area (Å²) in [5.41, 5.74) is 3.18. The minimum absolute atomic E-state index is 0.0992. The molecule has 0 radical (unpaired) electrons. The summed E-state index contributed by atoms with van der Waals surface area (Å²) in [6.45, 7) is 2.79. The first-order chi connectivity index (χ1) is 12.7. The average Bonchev–Trinajstić information content (AvgIpc) is 3.14.